The molecule has 41 heavy (non-hydrogen) atoms. The summed E-state index contributed by atoms with van der Waals surface area (Å²) in [7, 11) is 3.10. The van der Waals surface area contributed by atoms with Crippen molar-refractivity contribution in [1.82, 2.24) is 0 Å². The van der Waals surface area contributed by atoms with E-state index in [0.29, 0.717) is 30.1 Å². The SMILES string of the molecule is CCOC(=O)C(=C\[C@H](C)CC[C@H](O)/C=C/[C@H](C)[C@@H]1O[C@@H]([C@H](C)OC)C[C@@H]1C)/C=C/CCC[C@@H](C)/C=C(\C)C(=O)OC. The van der Waals surface area contributed by atoms with Crippen LogP contribution in [0, 0.1) is 23.7 Å². The van der Waals surface area contributed by atoms with E-state index in [4.69, 9.17) is 18.9 Å². The van der Waals surface area contributed by atoms with Crippen molar-refractivity contribution in [3.05, 3.63) is 47.6 Å². The Balaban J connectivity index is 2.62. The molecule has 0 aliphatic carbocycles. The predicted molar refractivity (Wildman–Crippen MR) is 164 cm³/mol. The van der Waals surface area contributed by atoms with Gasteiger partial charge in [-0.2, -0.15) is 0 Å². The molecule has 0 aromatic rings. The molecule has 0 saturated carbocycles. The highest BCUT2D eigenvalue weighted by atomic mass is 16.5. The van der Waals surface area contributed by atoms with Gasteiger partial charge in [-0.3, -0.25) is 0 Å². The minimum absolute atomic E-state index is 0.0721. The van der Waals surface area contributed by atoms with Gasteiger partial charge in [0.05, 0.1) is 43.7 Å². The van der Waals surface area contributed by atoms with E-state index >= 15 is 0 Å². The van der Waals surface area contributed by atoms with Crippen LogP contribution < -0.4 is 0 Å². The number of ether oxygens (including phenoxy) is 4. The Morgan fingerprint density at radius 1 is 1.00 bits per heavy atom. The fourth-order valence-electron chi connectivity index (χ4n) is 5.23. The van der Waals surface area contributed by atoms with Gasteiger partial charge in [-0.25, -0.2) is 9.59 Å². The van der Waals surface area contributed by atoms with E-state index < -0.39 is 6.10 Å². The van der Waals surface area contributed by atoms with Gasteiger partial charge in [-0.05, 0) is 77.0 Å². The molecule has 0 bridgehead atoms. The number of allylic oxidation sites excluding steroid dienone is 3. The summed E-state index contributed by atoms with van der Waals surface area (Å²) in [6.07, 6.45) is 16.4. The molecule has 1 fully saturated rings. The van der Waals surface area contributed by atoms with Crippen LogP contribution in [0.4, 0.5) is 0 Å². The van der Waals surface area contributed by atoms with E-state index in [1.165, 1.54) is 7.11 Å². The molecule has 1 heterocycles. The van der Waals surface area contributed by atoms with Gasteiger partial charge >= 0.3 is 11.9 Å². The molecule has 0 aromatic heterocycles. The minimum atomic E-state index is -0.556. The first-order valence-electron chi connectivity index (χ1n) is 15.3. The van der Waals surface area contributed by atoms with Crippen LogP contribution >= 0.6 is 0 Å². The van der Waals surface area contributed by atoms with Gasteiger partial charge < -0.3 is 24.1 Å². The quantitative estimate of drug-likeness (QED) is 0.0634. The molecule has 1 N–H and O–H groups in total. The molecule has 0 unspecified atom stereocenters. The van der Waals surface area contributed by atoms with Crippen LogP contribution in [0.2, 0.25) is 0 Å². The molecular weight excluding hydrogens is 520 g/mol. The molecule has 1 aliphatic heterocycles. The Kier molecular flexibility index (Phi) is 17.8. The molecule has 0 spiro atoms. The number of unbranched alkanes of at least 4 members (excludes halogenated alkanes) is 1. The molecule has 0 radical (unpaired) electrons. The third-order valence-corrected chi connectivity index (χ3v) is 7.81. The number of methoxy groups -OCH3 is 2. The van der Waals surface area contributed by atoms with E-state index in [2.05, 4.69) is 33.8 Å². The summed E-state index contributed by atoms with van der Waals surface area (Å²) in [5, 5.41) is 10.6. The third kappa shape index (κ3) is 14.0. The molecule has 234 valence electrons. The second-order valence-corrected chi connectivity index (χ2v) is 11.7. The zero-order chi connectivity index (χ0) is 30.9. The predicted octanol–water partition coefficient (Wildman–Crippen LogP) is 6.76. The Morgan fingerprint density at radius 3 is 2.32 bits per heavy atom. The lowest BCUT2D eigenvalue weighted by Gasteiger charge is -2.22. The number of hydrogen-bond acceptors (Lipinski definition) is 7. The van der Waals surface area contributed by atoms with Crippen molar-refractivity contribution >= 4 is 11.9 Å². The number of carbonyl (C=O) groups excluding carboxylic acids is 2. The molecular formula is C34H56O7. The maximum absolute atomic E-state index is 12.5. The number of aliphatic hydroxyl groups excluding tert-OH is 1. The molecule has 7 nitrogen and oxygen atoms in total. The van der Waals surface area contributed by atoms with Crippen molar-refractivity contribution in [1.29, 1.82) is 0 Å². The Labute approximate surface area is 249 Å². The third-order valence-electron chi connectivity index (χ3n) is 7.81. The van der Waals surface area contributed by atoms with Crippen LogP contribution in [0.3, 0.4) is 0 Å². The highest BCUT2D eigenvalue weighted by molar-refractivity contribution is 5.91. The second kappa shape index (κ2) is 19.8. The van der Waals surface area contributed by atoms with Gasteiger partial charge in [0.15, 0.2) is 0 Å². The van der Waals surface area contributed by atoms with Crippen molar-refractivity contribution in [2.24, 2.45) is 23.7 Å². The molecule has 1 rings (SSSR count). The summed E-state index contributed by atoms with van der Waals surface area (Å²) in [5.74, 6) is 0.360. The van der Waals surface area contributed by atoms with Crippen molar-refractivity contribution in [2.75, 3.05) is 20.8 Å². The second-order valence-electron chi connectivity index (χ2n) is 11.7. The average molecular weight is 577 g/mol. The lowest BCUT2D eigenvalue weighted by Crippen LogP contribution is -2.27. The minimum Gasteiger partial charge on any atom is -0.466 e. The first-order chi connectivity index (χ1) is 19.4. The molecule has 7 heteroatoms. The highest BCUT2D eigenvalue weighted by Crippen LogP contribution is 2.33. The summed E-state index contributed by atoms with van der Waals surface area (Å²) >= 11 is 0. The summed E-state index contributed by atoms with van der Waals surface area (Å²) < 4.78 is 21.7. The van der Waals surface area contributed by atoms with Gasteiger partial charge in [0.25, 0.3) is 0 Å². The van der Waals surface area contributed by atoms with Crippen LogP contribution in [-0.4, -0.2) is 62.3 Å². The Hall–Kier alpha value is -2.22. The van der Waals surface area contributed by atoms with E-state index in [-0.39, 0.29) is 48.0 Å². The Bertz CT molecular complexity index is 903. The largest absolute Gasteiger partial charge is 0.466 e. The molecule has 1 aliphatic rings. The standard InChI is InChI=1S/C34H56O7/c1-10-40-34(37)29(15-13-11-12-14-23(2)20-27(6)33(36)39-9)21-24(3)16-18-30(35)19-17-25(4)32-26(5)22-31(41-32)28(7)38-8/h13,15,17,19-21,23-26,28,30-32,35H,10-12,14,16,18,22H2,1-9H3/b15-13+,19-17+,27-20+,29-21-/t23-,24-,25+,26+,28+,30+,31-,32+/m1/s1. The maximum Gasteiger partial charge on any atom is 0.337 e. The zero-order valence-corrected chi connectivity index (χ0v) is 26.9. The maximum atomic E-state index is 12.5. The summed E-state index contributed by atoms with van der Waals surface area (Å²) in [6, 6.07) is 0. The first kappa shape index (κ1) is 36.8. The van der Waals surface area contributed by atoms with Crippen LogP contribution in [0.25, 0.3) is 0 Å². The fourth-order valence-corrected chi connectivity index (χ4v) is 5.23. The van der Waals surface area contributed by atoms with Crippen molar-refractivity contribution < 1.29 is 33.6 Å². The number of hydrogen-bond donors (Lipinski definition) is 1. The summed E-state index contributed by atoms with van der Waals surface area (Å²) in [4.78, 5) is 24.1. The van der Waals surface area contributed by atoms with Crippen LogP contribution in [-0.2, 0) is 28.5 Å². The van der Waals surface area contributed by atoms with Crippen molar-refractivity contribution in [2.45, 2.75) is 111 Å². The Morgan fingerprint density at radius 2 is 1.68 bits per heavy atom. The van der Waals surface area contributed by atoms with Gasteiger partial charge in [0, 0.05) is 18.6 Å². The normalized spacial score (nSPS) is 23.9. The zero-order valence-electron chi connectivity index (χ0n) is 26.9. The molecule has 0 amide bonds. The lowest BCUT2D eigenvalue weighted by molar-refractivity contribution is -0.138. The number of carbonyl (C=O) groups is 2. The van der Waals surface area contributed by atoms with Gasteiger partial charge in [-0.1, -0.05) is 64.2 Å². The first-order valence-corrected chi connectivity index (χ1v) is 15.3. The monoisotopic (exact) mass is 576 g/mol. The molecule has 0 aromatic carbocycles. The average Bonchev–Trinajstić information content (AvgIpc) is 3.34. The highest BCUT2D eigenvalue weighted by Gasteiger charge is 2.37. The van der Waals surface area contributed by atoms with Crippen LogP contribution in [0.5, 0.6) is 0 Å². The topological polar surface area (TPSA) is 91.3 Å². The van der Waals surface area contributed by atoms with E-state index in [1.54, 1.807) is 21.0 Å². The molecule has 8 atom stereocenters. The fraction of sp³-hybridized carbons (Fsp3) is 0.706. The lowest BCUT2D eigenvalue weighted by atomic mass is 9.91. The van der Waals surface area contributed by atoms with Gasteiger partial charge in [-0.15, -0.1) is 0 Å². The molecule has 1 saturated heterocycles. The van der Waals surface area contributed by atoms with Crippen LogP contribution in [0.15, 0.2) is 47.6 Å². The number of aliphatic hydroxyl groups is 1. The summed E-state index contributed by atoms with van der Waals surface area (Å²) in [5.41, 5.74) is 1.16. The van der Waals surface area contributed by atoms with Crippen LogP contribution in [0.1, 0.15) is 87.0 Å². The smallest absolute Gasteiger partial charge is 0.337 e. The number of esters is 2. The van der Waals surface area contributed by atoms with Gasteiger partial charge in [0.2, 0.25) is 0 Å². The van der Waals surface area contributed by atoms with Crippen molar-refractivity contribution in [3.8, 4) is 0 Å². The van der Waals surface area contributed by atoms with Crippen molar-refractivity contribution in [3.63, 3.8) is 0 Å². The van der Waals surface area contributed by atoms with Gasteiger partial charge in [0.1, 0.15) is 0 Å². The van der Waals surface area contributed by atoms with E-state index in [1.807, 2.05) is 37.3 Å². The summed E-state index contributed by atoms with van der Waals surface area (Å²) in [6.45, 7) is 14.4. The van der Waals surface area contributed by atoms with E-state index in [0.717, 1.165) is 32.1 Å². The van der Waals surface area contributed by atoms with E-state index in [9.17, 15) is 14.7 Å². The number of rotatable bonds is 18.